The van der Waals surface area contributed by atoms with Crippen molar-refractivity contribution in [2.45, 2.75) is 4.90 Å². The van der Waals surface area contributed by atoms with E-state index in [2.05, 4.69) is 14.7 Å². The van der Waals surface area contributed by atoms with Gasteiger partial charge >= 0.3 is 0 Å². The molecule has 1 N–H and O–H groups in total. The molecular formula is C12H12Cl2N4O2S. The molecule has 0 aliphatic heterocycles. The summed E-state index contributed by atoms with van der Waals surface area (Å²) in [7, 11) is -0.232. The van der Waals surface area contributed by atoms with Crippen LogP contribution in [0.1, 0.15) is 0 Å². The minimum absolute atomic E-state index is 0.0472. The molecule has 0 bridgehead atoms. The third kappa shape index (κ3) is 3.55. The molecule has 0 aliphatic carbocycles. The van der Waals surface area contributed by atoms with Gasteiger partial charge in [0.2, 0.25) is 0 Å². The fraction of sp³-hybridized carbons (Fsp3) is 0.167. The third-order valence-electron chi connectivity index (χ3n) is 2.61. The predicted octanol–water partition coefficient (Wildman–Crippen LogP) is 2.65. The zero-order chi connectivity index (χ0) is 15.6. The van der Waals surface area contributed by atoms with Gasteiger partial charge < -0.3 is 4.90 Å². The summed E-state index contributed by atoms with van der Waals surface area (Å²) in [5.41, 5.74) is 1.04. The number of pyridine rings is 2. The lowest BCUT2D eigenvalue weighted by molar-refractivity contribution is 0.601. The van der Waals surface area contributed by atoms with Crippen LogP contribution in [0.2, 0.25) is 10.2 Å². The van der Waals surface area contributed by atoms with Crippen LogP contribution in [0.15, 0.2) is 35.6 Å². The smallest absolute Gasteiger partial charge is 0.263 e. The number of hydrogen-bond acceptors (Lipinski definition) is 5. The molecule has 0 spiro atoms. The van der Waals surface area contributed by atoms with Crippen LogP contribution in [-0.4, -0.2) is 32.5 Å². The van der Waals surface area contributed by atoms with Gasteiger partial charge in [0, 0.05) is 26.5 Å². The highest BCUT2D eigenvalue weighted by molar-refractivity contribution is 7.92. The molecule has 0 amide bonds. The van der Waals surface area contributed by atoms with E-state index in [9.17, 15) is 8.42 Å². The highest BCUT2D eigenvalue weighted by Gasteiger charge is 2.18. The number of aromatic nitrogens is 2. The van der Waals surface area contributed by atoms with Crippen LogP contribution in [0.4, 0.5) is 11.4 Å². The van der Waals surface area contributed by atoms with E-state index in [0.29, 0.717) is 11.4 Å². The standard InChI is InChI=1S/C12H12Cl2N4O2S/c1-18(2)11-3-4-15-7-10(11)17-21(19,20)8-5-9(13)12(14)16-6-8/h3-7,17H,1-2H3. The van der Waals surface area contributed by atoms with E-state index in [0.717, 1.165) is 6.20 Å². The molecule has 0 atom stereocenters. The van der Waals surface area contributed by atoms with Crippen LogP contribution in [0.5, 0.6) is 0 Å². The first-order valence-electron chi connectivity index (χ1n) is 5.76. The number of anilines is 2. The molecule has 0 fully saturated rings. The fourth-order valence-corrected chi connectivity index (χ4v) is 2.97. The molecule has 2 heterocycles. The summed E-state index contributed by atoms with van der Waals surface area (Å²) in [6.07, 6.45) is 4.15. The minimum Gasteiger partial charge on any atom is -0.376 e. The predicted molar refractivity (Wildman–Crippen MR) is 83.6 cm³/mol. The van der Waals surface area contributed by atoms with Crippen LogP contribution < -0.4 is 9.62 Å². The van der Waals surface area contributed by atoms with Crippen molar-refractivity contribution in [2.75, 3.05) is 23.7 Å². The Balaban J connectivity index is 2.40. The van der Waals surface area contributed by atoms with Gasteiger partial charge in [0.15, 0.2) is 0 Å². The van der Waals surface area contributed by atoms with Crippen molar-refractivity contribution < 1.29 is 8.42 Å². The topological polar surface area (TPSA) is 75.2 Å². The molecule has 0 radical (unpaired) electrons. The van der Waals surface area contributed by atoms with Crippen molar-refractivity contribution in [2.24, 2.45) is 0 Å². The van der Waals surface area contributed by atoms with Crippen molar-refractivity contribution in [1.29, 1.82) is 0 Å². The molecule has 0 saturated heterocycles. The van der Waals surface area contributed by atoms with Crippen LogP contribution >= 0.6 is 23.2 Å². The summed E-state index contributed by atoms with van der Waals surface area (Å²) >= 11 is 11.5. The number of nitrogens with one attached hydrogen (secondary N) is 1. The Morgan fingerprint density at radius 1 is 1.24 bits per heavy atom. The summed E-state index contributed by atoms with van der Waals surface area (Å²) in [5.74, 6) is 0. The highest BCUT2D eigenvalue weighted by Crippen LogP contribution is 2.27. The first-order valence-corrected chi connectivity index (χ1v) is 8.00. The Hall–Kier alpha value is -1.57. The second-order valence-electron chi connectivity index (χ2n) is 4.34. The lowest BCUT2D eigenvalue weighted by atomic mass is 10.3. The number of nitrogens with zero attached hydrogens (tertiary/aromatic N) is 3. The van der Waals surface area contributed by atoms with Crippen LogP contribution in [0.3, 0.4) is 0 Å². The zero-order valence-electron chi connectivity index (χ0n) is 11.2. The maximum atomic E-state index is 12.3. The second-order valence-corrected chi connectivity index (χ2v) is 6.78. The van der Waals surface area contributed by atoms with E-state index in [-0.39, 0.29) is 15.1 Å². The summed E-state index contributed by atoms with van der Waals surface area (Å²) < 4.78 is 27.1. The molecule has 21 heavy (non-hydrogen) atoms. The monoisotopic (exact) mass is 346 g/mol. The summed E-state index contributed by atoms with van der Waals surface area (Å²) in [5, 5.41) is 0.115. The van der Waals surface area contributed by atoms with Gasteiger partial charge in [-0.3, -0.25) is 9.71 Å². The first kappa shape index (κ1) is 15.8. The van der Waals surface area contributed by atoms with Crippen molar-refractivity contribution in [3.63, 3.8) is 0 Å². The third-order valence-corrected chi connectivity index (χ3v) is 4.62. The minimum atomic E-state index is -3.83. The van der Waals surface area contributed by atoms with E-state index in [4.69, 9.17) is 23.2 Å². The van der Waals surface area contributed by atoms with E-state index in [1.165, 1.54) is 12.3 Å². The molecule has 0 saturated carbocycles. The number of rotatable bonds is 4. The van der Waals surface area contributed by atoms with Crippen molar-refractivity contribution >= 4 is 44.6 Å². The van der Waals surface area contributed by atoms with Gasteiger partial charge in [0.05, 0.1) is 22.6 Å². The Bertz CT molecular complexity index is 766. The van der Waals surface area contributed by atoms with Gasteiger partial charge in [-0.2, -0.15) is 0 Å². The Kier molecular flexibility index (Phi) is 4.55. The molecular weight excluding hydrogens is 335 g/mol. The van der Waals surface area contributed by atoms with Gasteiger partial charge in [-0.15, -0.1) is 0 Å². The number of halogens is 2. The van der Waals surface area contributed by atoms with E-state index in [1.54, 1.807) is 31.3 Å². The Morgan fingerprint density at radius 2 is 1.95 bits per heavy atom. The molecule has 2 aromatic heterocycles. The normalized spacial score (nSPS) is 11.2. The van der Waals surface area contributed by atoms with Gasteiger partial charge in [-0.25, -0.2) is 13.4 Å². The SMILES string of the molecule is CN(C)c1ccncc1NS(=O)(=O)c1cnc(Cl)c(Cl)c1. The van der Waals surface area contributed by atoms with E-state index in [1.807, 2.05) is 0 Å². The van der Waals surface area contributed by atoms with Gasteiger partial charge in [-0.05, 0) is 12.1 Å². The molecule has 2 aromatic rings. The Morgan fingerprint density at radius 3 is 2.57 bits per heavy atom. The lowest BCUT2D eigenvalue weighted by Crippen LogP contribution is -2.17. The second kappa shape index (κ2) is 6.05. The summed E-state index contributed by atoms with van der Waals surface area (Å²) in [6, 6.07) is 2.94. The maximum Gasteiger partial charge on any atom is 0.263 e. The molecule has 6 nitrogen and oxygen atoms in total. The molecule has 9 heteroatoms. The lowest BCUT2D eigenvalue weighted by Gasteiger charge is -2.17. The molecule has 2 rings (SSSR count). The summed E-state index contributed by atoms with van der Waals surface area (Å²) in [6.45, 7) is 0. The first-order chi connectivity index (χ1) is 9.81. The molecule has 0 aliphatic rings. The largest absolute Gasteiger partial charge is 0.376 e. The zero-order valence-corrected chi connectivity index (χ0v) is 13.5. The van der Waals surface area contributed by atoms with Crippen molar-refractivity contribution in [3.8, 4) is 0 Å². The van der Waals surface area contributed by atoms with Crippen molar-refractivity contribution in [1.82, 2.24) is 9.97 Å². The number of hydrogen-bond donors (Lipinski definition) is 1. The van der Waals surface area contributed by atoms with Crippen LogP contribution in [0, 0.1) is 0 Å². The van der Waals surface area contributed by atoms with Crippen LogP contribution in [0.25, 0.3) is 0 Å². The molecule has 0 aromatic carbocycles. The molecule has 112 valence electrons. The van der Waals surface area contributed by atoms with E-state index < -0.39 is 10.0 Å². The van der Waals surface area contributed by atoms with Gasteiger partial charge in [0.1, 0.15) is 10.0 Å². The average Bonchev–Trinajstić information content (AvgIpc) is 2.41. The van der Waals surface area contributed by atoms with E-state index >= 15 is 0 Å². The average molecular weight is 347 g/mol. The fourth-order valence-electron chi connectivity index (χ4n) is 1.61. The highest BCUT2D eigenvalue weighted by atomic mass is 35.5. The Labute approximate surface area is 132 Å². The number of sulfonamides is 1. The van der Waals surface area contributed by atoms with Gasteiger partial charge in [-0.1, -0.05) is 23.2 Å². The quantitative estimate of drug-likeness (QED) is 0.861. The van der Waals surface area contributed by atoms with Crippen LogP contribution in [-0.2, 0) is 10.0 Å². The summed E-state index contributed by atoms with van der Waals surface area (Å²) in [4.78, 5) is 9.35. The molecule has 0 unspecified atom stereocenters. The maximum absolute atomic E-state index is 12.3. The van der Waals surface area contributed by atoms with Crippen molar-refractivity contribution in [3.05, 3.63) is 40.9 Å². The van der Waals surface area contributed by atoms with Gasteiger partial charge in [0.25, 0.3) is 10.0 Å².